The van der Waals surface area contributed by atoms with Crippen LogP contribution in [0.15, 0.2) is 88.4 Å². The van der Waals surface area contributed by atoms with Crippen molar-refractivity contribution in [3.63, 3.8) is 0 Å². The highest BCUT2D eigenvalue weighted by atomic mass is 17.0. The molecule has 1 rings (SSSR count). The van der Waals surface area contributed by atoms with Crippen LogP contribution in [0.1, 0.15) is 0 Å². The van der Waals surface area contributed by atoms with Gasteiger partial charge < -0.3 is 0 Å². The van der Waals surface area contributed by atoms with Crippen molar-refractivity contribution in [2.45, 2.75) is 0 Å². The van der Waals surface area contributed by atoms with Gasteiger partial charge in [0.25, 0.3) is 0 Å². The zero-order valence-corrected chi connectivity index (χ0v) is 8.77. The van der Waals surface area contributed by atoms with E-state index in [4.69, 9.17) is 0 Å². The SMILES string of the molecule is c1ccccccnoocccccc1. The Bertz CT molecular complexity index is 265. The maximum Gasteiger partial charge on any atom is 0.145 e. The largest absolute Gasteiger partial charge is 0.276 e. The van der Waals surface area contributed by atoms with E-state index in [1.54, 1.807) is 12.1 Å². The highest BCUT2D eigenvalue weighted by molar-refractivity contribution is 4.96. The summed E-state index contributed by atoms with van der Waals surface area (Å²) in [5.41, 5.74) is 0. The molecule has 0 saturated heterocycles. The molecule has 0 spiro atoms. The quantitative estimate of drug-likeness (QED) is 0.620. The predicted octanol–water partition coefficient (Wildman–Crippen LogP) is 3.64. The third-order valence-corrected chi connectivity index (χ3v) is 1.48. The number of hydrogen-bond donors (Lipinski definition) is 0. The van der Waals surface area contributed by atoms with Crippen LogP contribution in [-0.2, 0) is 0 Å². The van der Waals surface area contributed by atoms with Crippen LogP contribution >= 0.6 is 0 Å². The maximum absolute atomic E-state index is 4.61. The summed E-state index contributed by atoms with van der Waals surface area (Å²) in [6.07, 6.45) is 2.89. The summed E-state index contributed by atoms with van der Waals surface area (Å²) in [7, 11) is 0. The molecule has 0 bridgehead atoms. The third-order valence-electron chi connectivity index (χ3n) is 1.48. The van der Waals surface area contributed by atoms with Gasteiger partial charge in [-0.1, -0.05) is 54.6 Å². The maximum atomic E-state index is 4.61. The highest BCUT2D eigenvalue weighted by Crippen LogP contribution is 1.79. The van der Waals surface area contributed by atoms with Crippen LogP contribution in [0.5, 0.6) is 0 Å². The molecule has 16 heavy (non-hydrogen) atoms. The Morgan fingerprint density at radius 2 is 1.06 bits per heavy atom. The Labute approximate surface area is 94.2 Å². The molecular formula is C13H13NO2. The zero-order chi connectivity index (χ0) is 11.3. The molecule has 0 atom stereocenters. The van der Waals surface area contributed by atoms with Gasteiger partial charge in [0, 0.05) is 0 Å². The Balaban J connectivity index is 3.00. The van der Waals surface area contributed by atoms with Gasteiger partial charge in [0.05, 0.1) is 6.20 Å². The van der Waals surface area contributed by atoms with Gasteiger partial charge in [-0.2, -0.15) is 4.68 Å². The van der Waals surface area contributed by atoms with Crippen molar-refractivity contribution >= 4 is 0 Å². The van der Waals surface area contributed by atoms with E-state index < -0.39 is 0 Å². The molecule has 0 aliphatic carbocycles. The van der Waals surface area contributed by atoms with Crippen molar-refractivity contribution in [2.24, 2.45) is 0 Å². The van der Waals surface area contributed by atoms with Gasteiger partial charge in [-0.25, -0.2) is 0 Å². The van der Waals surface area contributed by atoms with E-state index in [1.165, 1.54) is 12.5 Å². The van der Waals surface area contributed by atoms with E-state index in [1.807, 2.05) is 54.6 Å². The fourth-order valence-electron chi connectivity index (χ4n) is 0.814. The fraction of sp³-hybridized carbons (Fsp3) is 0. The van der Waals surface area contributed by atoms with Gasteiger partial charge in [0.15, 0.2) is 0 Å². The van der Waals surface area contributed by atoms with Crippen molar-refractivity contribution in [3.8, 4) is 0 Å². The number of aromatic nitrogens is 1. The smallest absolute Gasteiger partial charge is 0.145 e. The van der Waals surface area contributed by atoms with Gasteiger partial charge in [-0.15, -0.1) is 0 Å². The molecular weight excluding hydrogens is 202 g/mol. The average Bonchev–Trinajstić information content (AvgIpc) is 2.29. The van der Waals surface area contributed by atoms with Gasteiger partial charge in [0.2, 0.25) is 0 Å². The van der Waals surface area contributed by atoms with Crippen LogP contribution in [0.3, 0.4) is 0 Å². The van der Waals surface area contributed by atoms with E-state index in [2.05, 4.69) is 14.4 Å². The van der Waals surface area contributed by atoms with Crippen molar-refractivity contribution in [1.29, 1.82) is 0 Å². The zero-order valence-electron chi connectivity index (χ0n) is 8.77. The number of rotatable bonds is 0. The van der Waals surface area contributed by atoms with E-state index in [9.17, 15) is 0 Å². The molecule has 0 aliphatic rings. The average molecular weight is 215 g/mol. The second kappa shape index (κ2) is 9.27. The van der Waals surface area contributed by atoms with E-state index >= 15 is 0 Å². The second-order valence-corrected chi connectivity index (χ2v) is 2.68. The molecule has 0 amide bonds. The monoisotopic (exact) mass is 215 g/mol. The van der Waals surface area contributed by atoms with E-state index in [0.29, 0.717) is 0 Å². The van der Waals surface area contributed by atoms with Gasteiger partial charge >= 0.3 is 0 Å². The minimum absolute atomic E-state index is 1.40. The van der Waals surface area contributed by atoms with Crippen LogP contribution in [0, 0.1) is 0 Å². The molecule has 0 saturated carbocycles. The summed E-state index contributed by atoms with van der Waals surface area (Å²) in [6, 6.07) is 20.5. The molecule has 0 unspecified atom stereocenters. The minimum Gasteiger partial charge on any atom is -0.276 e. The van der Waals surface area contributed by atoms with Crippen molar-refractivity contribution < 1.29 is 9.26 Å². The van der Waals surface area contributed by atoms with Crippen LogP contribution in [0.25, 0.3) is 0 Å². The third kappa shape index (κ3) is 7.15. The molecule has 0 N–H and O–H groups in total. The van der Waals surface area contributed by atoms with Crippen LogP contribution in [0.2, 0.25) is 0 Å². The van der Waals surface area contributed by atoms with E-state index in [-0.39, 0.29) is 0 Å². The second-order valence-electron chi connectivity index (χ2n) is 2.68. The highest BCUT2D eigenvalue weighted by Gasteiger charge is 1.60. The van der Waals surface area contributed by atoms with Crippen LogP contribution in [-0.4, -0.2) is 5.16 Å². The summed E-state index contributed by atoms with van der Waals surface area (Å²) in [5, 5.41) is 3.53. The minimum atomic E-state index is 1.40. The van der Waals surface area contributed by atoms with Gasteiger partial charge in [0.1, 0.15) is 6.26 Å². The molecule has 0 radical (unpaired) electrons. The first kappa shape index (κ1) is 11.8. The normalized spacial score (nSPS) is 8.00. The summed E-state index contributed by atoms with van der Waals surface area (Å²) in [6.45, 7) is 0. The van der Waals surface area contributed by atoms with E-state index in [0.717, 1.165) is 0 Å². The molecule has 1 aromatic rings. The lowest BCUT2D eigenvalue weighted by molar-refractivity contribution is -0.0106. The fourth-order valence-corrected chi connectivity index (χ4v) is 0.814. The van der Waals surface area contributed by atoms with Crippen LogP contribution in [0.4, 0.5) is 0 Å². The molecule has 0 aromatic carbocycles. The number of nitrogens with zero attached hydrogens (tertiary/aromatic N) is 1. The first-order valence-electron chi connectivity index (χ1n) is 4.84. The molecule has 0 aliphatic heterocycles. The van der Waals surface area contributed by atoms with Crippen molar-refractivity contribution in [1.82, 2.24) is 5.16 Å². The first-order chi connectivity index (χ1) is 8.00. The molecule has 3 heteroatoms. The topological polar surface area (TPSA) is 39.2 Å². The van der Waals surface area contributed by atoms with Crippen LogP contribution < -0.4 is 0 Å². The summed E-state index contributed by atoms with van der Waals surface area (Å²) >= 11 is 0. The Morgan fingerprint density at radius 1 is 0.562 bits per heavy atom. The summed E-state index contributed by atoms with van der Waals surface area (Å²) < 4.78 is 9.09. The summed E-state index contributed by atoms with van der Waals surface area (Å²) in [4.78, 5) is 0. The molecule has 1 heterocycles. The van der Waals surface area contributed by atoms with Gasteiger partial charge in [-0.3, -0.25) is 4.58 Å². The Hall–Kier alpha value is -2.29. The lowest BCUT2D eigenvalue weighted by Crippen LogP contribution is -1.55. The number of hydrogen-bond acceptors (Lipinski definition) is 3. The molecule has 82 valence electrons. The Kier molecular flexibility index (Phi) is 6.83. The lowest BCUT2D eigenvalue weighted by atomic mass is 10.4. The molecule has 3 nitrogen and oxygen atoms in total. The van der Waals surface area contributed by atoms with Crippen molar-refractivity contribution in [2.75, 3.05) is 0 Å². The first-order valence-corrected chi connectivity index (χ1v) is 4.84. The summed E-state index contributed by atoms with van der Waals surface area (Å²) in [5.74, 6) is 0. The molecule has 0 fully saturated rings. The van der Waals surface area contributed by atoms with Crippen molar-refractivity contribution in [3.05, 3.63) is 79.2 Å². The lowest BCUT2D eigenvalue weighted by Gasteiger charge is -1.69. The molecule has 1 aromatic heterocycles. The predicted molar refractivity (Wildman–Crippen MR) is 61.7 cm³/mol. The Morgan fingerprint density at radius 3 is 1.69 bits per heavy atom. The standard InChI is InChI=1S/C13H13NO2/c1-2-4-6-8-10-12-14-16-15-13-11-9-7-5-3-1/h1-13H. The van der Waals surface area contributed by atoms with Gasteiger partial charge in [-0.05, 0) is 17.3 Å².